The lowest BCUT2D eigenvalue weighted by atomic mass is 10.3. The molecule has 1 N–H and O–H groups in total. The van der Waals surface area contributed by atoms with Gasteiger partial charge in [0, 0.05) is 0 Å². The summed E-state index contributed by atoms with van der Waals surface area (Å²) in [6.07, 6.45) is 1.88. The zero-order valence-corrected chi connectivity index (χ0v) is 11.0. The molecular weight excluding hydrogens is 274 g/mol. The zero-order chi connectivity index (χ0) is 12.0. The molecule has 0 radical (unpaired) electrons. The average molecular weight is 288 g/mol. The first kappa shape index (κ1) is 12.6. The van der Waals surface area contributed by atoms with Crippen molar-refractivity contribution in [2.24, 2.45) is 5.92 Å². The van der Waals surface area contributed by atoms with Gasteiger partial charge in [-0.2, -0.15) is 0 Å². The molecule has 2 aliphatic rings. The van der Waals surface area contributed by atoms with Gasteiger partial charge in [0.25, 0.3) is 0 Å². The Labute approximate surface area is 101 Å². The monoisotopic (exact) mass is 287 g/mol. The van der Waals surface area contributed by atoms with Crippen LogP contribution in [0.5, 0.6) is 0 Å². The Morgan fingerprint density at radius 2 is 1.88 bits per heavy atom. The molecule has 8 heteroatoms. The minimum Gasteiger partial charge on any atom is -0.229 e. The number of hydrogen-bond donors (Lipinski definition) is 1. The number of halogens is 1. The molecule has 2 rings (SSSR count). The summed E-state index contributed by atoms with van der Waals surface area (Å²) >= 11 is 5.81. The molecule has 0 spiro atoms. The van der Waals surface area contributed by atoms with Crippen LogP contribution in [0.15, 0.2) is 0 Å². The third-order valence-electron chi connectivity index (χ3n) is 2.77. The van der Waals surface area contributed by atoms with Crippen LogP contribution in [0.25, 0.3) is 0 Å². The van der Waals surface area contributed by atoms with Gasteiger partial charge in [-0.15, -0.1) is 11.6 Å². The highest BCUT2D eigenvalue weighted by Gasteiger charge is 2.39. The summed E-state index contributed by atoms with van der Waals surface area (Å²) in [6.45, 7) is 0. The van der Waals surface area contributed by atoms with Crippen molar-refractivity contribution in [2.45, 2.75) is 24.3 Å². The van der Waals surface area contributed by atoms with Crippen molar-refractivity contribution in [3.05, 3.63) is 0 Å². The van der Waals surface area contributed by atoms with E-state index in [0.29, 0.717) is 0 Å². The number of hydrogen-bond acceptors (Lipinski definition) is 4. The fraction of sp³-hybridized carbons (Fsp3) is 1.00. The van der Waals surface area contributed by atoms with Gasteiger partial charge in [-0.1, -0.05) is 0 Å². The van der Waals surface area contributed by atoms with Crippen molar-refractivity contribution < 1.29 is 16.8 Å². The van der Waals surface area contributed by atoms with E-state index in [4.69, 9.17) is 11.6 Å². The highest BCUT2D eigenvalue weighted by atomic mass is 35.5. The third kappa shape index (κ3) is 3.32. The second kappa shape index (κ2) is 4.12. The fourth-order valence-electron chi connectivity index (χ4n) is 1.79. The number of sulfone groups is 1. The maximum atomic E-state index is 11.6. The molecule has 2 fully saturated rings. The predicted octanol–water partition coefficient (Wildman–Crippen LogP) is -0.280. The Morgan fingerprint density at radius 3 is 2.31 bits per heavy atom. The molecule has 1 saturated carbocycles. The van der Waals surface area contributed by atoms with Crippen LogP contribution < -0.4 is 4.72 Å². The van der Waals surface area contributed by atoms with Gasteiger partial charge in [-0.25, -0.2) is 21.6 Å². The van der Waals surface area contributed by atoms with Crippen LogP contribution in [0.2, 0.25) is 0 Å². The van der Waals surface area contributed by atoms with Crippen LogP contribution in [-0.4, -0.2) is 45.5 Å². The Balaban J connectivity index is 1.99. The quantitative estimate of drug-likeness (QED) is 0.721. The third-order valence-corrected chi connectivity index (χ3v) is 6.71. The molecule has 0 aromatic heterocycles. The maximum absolute atomic E-state index is 11.6. The molecule has 1 heterocycles. The van der Waals surface area contributed by atoms with Gasteiger partial charge in [-0.3, -0.25) is 0 Å². The number of alkyl halides is 1. The topological polar surface area (TPSA) is 80.3 Å². The second-order valence-electron chi connectivity index (χ2n) is 4.54. The molecule has 0 bridgehead atoms. The molecule has 0 aromatic rings. The Kier molecular flexibility index (Phi) is 3.24. The van der Waals surface area contributed by atoms with E-state index in [1.54, 1.807) is 0 Å². The van der Waals surface area contributed by atoms with Gasteiger partial charge in [0.2, 0.25) is 10.0 Å². The molecule has 16 heavy (non-hydrogen) atoms. The summed E-state index contributed by atoms with van der Waals surface area (Å²) in [5, 5.41) is -0.654. The summed E-state index contributed by atoms with van der Waals surface area (Å²) in [5.41, 5.74) is 0. The van der Waals surface area contributed by atoms with Gasteiger partial charge < -0.3 is 0 Å². The first-order valence-corrected chi connectivity index (χ1v) is 9.03. The lowest BCUT2D eigenvalue weighted by Gasteiger charge is -2.14. The van der Waals surface area contributed by atoms with E-state index in [0.717, 1.165) is 12.8 Å². The molecule has 2 unspecified atom stereocenters. The first-order chi connectivity index (χ1) is 7.27. The summed E-state index contributed by atoms with van der Waals surface area (Å²) in [7, 11) is -6.57. The van der Waals surface area contributed by atoms with Crippen LogP contribution in [0.1, 0.15) is 12.8 Å². The second-order valence-corrected chi connectivity index (χ2v) is 9.05. The molecule has 5 nitrogen and oxygen atoms in total. The number of sulfonamides is 1. The van der Waals surface area contributed by atoms with Crippen LogP contribution in [0.4, 0.5) is 0 Å². The largest absolute Gasteiger partial charge is 0.229 e. The van der Waals surface area contributed by atoms with E-state index in [9.17, 15) is 16.8 Å². The summed E-state index contributed by atoms with van der Waals surface area (Å²) < 4.78 is 48.2. The van der Waals surface area contributed by atoms with Crippen molar-refractivity contribution >= 4 is 31.5 Å². The van der Waals surface area contributed by atoms with Crippen molar-refractivity contribution in [3.63, 3.8) is 0 Å². The van der Waals surface area contributed by atoms with Gasteiger partial charge in [0.05, 0.1) is 28.7 Å². The molecule has 1 saturated heterocycles. The molecule has 0 amide bonds. The van der Waals surface area contributed by atoms with E-state index in [1.165, 1.54) is 0 Å². The van der Waals surface area contributed by atoms with Gasteiger partial charge >= 0.3 is 0 Å². The van der Waals surface area contributed by atoms with Gasteiger partial charge in [0.1, 0.15) is 0 Å². The standard InChI is InChI=1S/C8H14ClNO4S2/c9-7-4-15(11,12)5-8(7)10-16(13,14)3-6-1-2-6/h6-8,10H,1-5H2. The van der Waals surface area contributed by atoms with Crippen molar-refractivity contribution in [3.8, 4) is 0 Å². The minimum atomic E-state index is -3.38. The van der Waals surface area contributed by atoms with Crippen molar-refractivity contribution in [2.75, 3.05) is 17.3 Å². The molecule has 94 valence electrons. The fourth-order valence-corrected chi connectivity index (χ4v) is 6.28. The molecule has 1 aliphatic carbocycles. The van der Waals surface area contributed by atoms with Crippen LogP contribution in [0, 0.1) is 5.92 Å². The normalized spacial score (nSPS) is 34.1. The Hall–Kier alpha value is 0.150. The predicted molar refractivity (Wildman–Crippen MR) is 61.7 cm³/mol. The molecular formula is C8H14ClNO4S2. The highest BCUT2D eigenvalue weighted by molar-refractivity contribution is 7.92. The summed E-state index contributed by atoms with van der Waals surface area (Å²) in [6, 6.07) is -0.671. The van der Waals surface area contributed by atoms with Crippen LogP contribution >= 0.6 is 11.6 Å². The van der Waals surface area contributed by atoms with Crippen LogP contribution in [0.3, 0.4) is 0 Å². The lowest BCUT2D eigenvalue weighted by molar-refractivity contribution is 0.560. The lowest BCUT2D eigenvalue weighted by Crippen LogP contribution is -2.42. The number of nitrogens with one attached hydrogen (secondary N) is 1. The summed E-state index contributed by atoms with van der Waals surface area (Å²) in [5.74, 6) is -0.00656. The van der Waals surface area contributed by atoms with E-state index in [-0.39, 0.29) is 23.2 Å². The van der Waals surface area contributed by atoms with E-state index >= 15 is 0 Å². The van der Waals surface area contributed by atoms with Crippen molar-refractivity contribution in [1.82, 2.24) is 4.72 Å². The zero-order valence-electron chi connectivity index (χ0n) is 8.60. The smallest absolute Gasteiger partial charge is 0.212 e. The van der Waals surface area contributed by atoms with E-state index in [1.807, 2.05) is 0 Å². The Morgan fingerprint density at radius 1 is 1.25 bits per heavy atom. The van der Waals surface area contributed by atoms with E-state index in [2.05, 4.69) is 4.72 Å². The molecule has 2 atom stereocenters. The maximum Gasteiger partial charge on any atom is 0.212 e. The van der Waals surface area contributed by atoms with E-state index < -0.39 is 31.3 Å². The minimum absolute atomic E-state index is 0.0904. The van der Waals surface area contributed by atoms with Crippen molar-refractivity contribution in [1.29, 1.82) is 0 Å². The van der Waals surface area contributed by atoms with Crippen LogP contribution in [-0.2, 0) is 19.9 Å². The number of rotatable bonds is 4. The Bertz CT molecular complexity index is 468. The first-order valence-electron chi connectivity index (χ1n) is 5.12. The van der Waals surface area contributed by atoms with Gasteiger partial charge in [-0.05, 0) is 18.8 Å². The molecule has 0 aromatic carbocycles. The molecule has 1 aliphatic heterocycles. The van der Waals surface area contributed by atoms with Gasteiger partial charge in [0.15, 0.2) is 9.84 Å². The summed E-state index contributed by atoms with van der Waals surface area (Å²) in [4.78, 5) is 0. The SMILES string of the molecule is O=S1(=O)CC(Cl)C(NS(=O)(=O)CC2CC2)C1. The average Bonchev–Trinajstić information content (AvgIpc) is 2.79. The highest BCUT2D eigenvalue weighted by Crippen LogP contribution is 2.30.